The molecule has 100 heavy (non-hydrogen) atoms. The van der Waals surface area contributed by atoms with Crippen molar-refractivity contribution in [1.29, 1.82) is 0 Å². The number of hydrogen-bond donors (Lipinski definition) is 16. The van der Waals surface area contributed by atoms with E-state index >= 15 is 0 Å². The number of carbonyl (C=O) groups excluding carboxylic acids is 6. The van der Waals surface area contributed by atoms with Gasteiger partial charge in [0.05, 0.1) is 57.4 Å². The fourth-order valence-corrected chi connectivity index (χ4v) is 11.5. The number of ether oxygens (including phenoxy) is 7. The van der Waals surface area contributed by atoms with Gasteiger partial charge in [0.25, 0.3) is 0 Å². The van der Waals surface area contributed by atoms with E-state index in [0.29, 0.717) is 136 Å². The summed E-state index contributed by atoms with van der Waals surface area (Å²) in [5.74, 6) is -3.97. The number of nitrogens with one attached hydrogen (secondary N) is 5. The van der Waals surface area contributed by atoms with Crippen molar-refractivity contribution in [2.24, 2.45) is 29.4 Å². The van der Waals surface area contributed by atoms with Crippen LogP contribution in [0.25, 0.3) is 0 Å². The van der Waals surface area contributed by atoms with Gasteiger partial charge in [0, 0.05) is 116 Å². The molecule has 18 atom stereocenters. The quantitative estimate of drug-likeness (QED) is 0.0300. The first-order chi connectivity index (χ1) is 47.9. The molecule has 0 radical (unpaired) electrons. The van der Waals surface area contributed by atoms with Crippen molar-refractivity contribution in [3.63, 3.8) is 0 Å². The molecule has 5 amide bonds. The summed E-state index contributed by atoms with van der Waals surface area (Å²) in [4.78, 5) is 88.1. The Morgan fingerprint density at radius 2 is 0.830 bits per heavy atom. The minimum absolute atomic E-state index is 0.0341. The van der Waals surface area contributed by atoms with Gasteiger partial charge < -0.3 is 116 Å². The molecule has 0 aromatic carbocycles. The van der Waals surface area contributed by atoms with Crippen molar-refractivity contribution >= 4 is 43.1 Å². The zero-order valence-corrected chi connectivity index (χ0v) is 61.4. The van der Waals surface area contributed by atoms with Crippen molar-refractivity contribution in [2.75, 3.05) is 99.8 Å². The smallest absolute Gasteiger partial charge is 0.394 e. The Hall–Kier alpha value is -3.55. The first-order valence-electron chi connectivity index (χ1n) is 36.2. The molecule has 0 spiro atoms. The van der Waals surface area contributed by atoms with Gasteiger partial charge in [0.15, 0.2) is 24.7 Å². The van der Waals surface area contributed by atoms with Gasteiger partial charge in [-0.05, 0) is 103 Å². The molecule has 9 unspecified atom stereocenters. The molecule has 3 saturated heterocycles. The minimum Gasteiger partial charge on any atom is -0.394 e. The summed E-state index contributed by atoms with van der Waals surface area (Å²) in [6.07, 6.45) is -1.27. The van der Waals surface area contributed by atoms with Crippen LogP contribution in [0.1, 0.15) is 189 Å². The highest BCUT2D eigenvalue weighted by atomic mass is 31.2. The number of amides is 5. The standard InChI is InChI=1S/C58H105N5O22.C7H18NO4P.C2H6/c1-36-49(72)52(75)42(33-64)83-56(36)80-28-15-9-21-45(68)59-24-13-7-18-39(55(78)62-26-12-5-6-20-47(70)61-27-31-79-4)32-41(67)40(63-48(71)23-11-17-30-82-58-38(3)51(74)54(77)44(35-66)85-58)19-8-14-25-60-46(69)22-10-16-29-81-57-37(2)50(73)53(76)43(34-65)84-57;1-11-13(9,10)12-7-5-3-2-4-6-8;1-2/h36-40,42-44,49-54,56-58,64-66,72-77H,5-35H2,1-4H3,(H,59,68)(H,60,69)(H,61,70)(H,62,78)(H,63,71);2-8H2,1H3,(H,9,10);1-2H3/t36?,37?,38?,39?,40?,42?,43?,44?,49-,50-,51-,52+,53+,54+,56-,57-,58-;;/m1../s1. The average molecular weight is 1470 g/mol. The van der Waals surface area contributed by atoms with E-state index in [2.05, 4.69) is 35.6 Å². The molecule has 33 heteroatoms. The van der Waals surface area contributed by atoms with Crippen molar-refractivity contribution in [3.8, 4) is 0 Å². The molecule has 0 saturated carbocycles. The molecular weight excluding hydrogens is 1340 g/mol. The fourth-order valence-electron chi connectivity index (χ4n) is 11.1. The number of carbonyl (C=O) groups is 6. The van der Waals surface area contributed by atoms with Crippen LogP contribution >= 0.6 is 7.82 Å². The molecule has 17 N–H and O–H groups in total. The number of nitrogens with two attached hydrogens (primary N) is 1. The molecule has 0 aromatic rings. The summed E-state index contributed by atoms with van der Waals surface area (Å²) in [5.41, 5.74) is 5.30. The van der Waals surface area contributed by atoms with Crippen molar-refractivity contribution in [1.82, 2.24) is 26.6 Å². The molecule has 588 valence electrons. The molecule has 3 fully saturated rings. The Labute approximate surface area is 591 Å². The Balaban J connectivity index is 0.00000297. The number of hydrogen-bond acceptors (Lipinski definition) is 26. The molecule has 3 rings (SSSR count). The van der Waals surface area contributed by atoms with E-state index in [0.717, 1.165) is 32.8 Å². The summed E-state index contributed by atoms with van der Waals surface area (Å²) >= 11 is 0. The van der Waals surface area contributed by atoms with Gasteiger partial charge in [-0.25, -0.2) is 4.57 Å². The van der Waals surface area contributed by atoms with Crippen LogP contribution in [-0.4, -0.2) is 266 Å². The van der Waals surface area contributed by atoms with E-state index in [4.69, 9.17) is 43.8 Å². The van der Waals surface area contributed by atoms with Gasteiger partial charge in [0.2, 0.25) is 29.5 Å². The Kier molecular flexibility index (Phi) is 53.6. The number of unbranched alkanes of at least 4 members (excludes halogenated alkanes) is 10. The van der Waals surface area contributed by atoms with E-state index in [-0.39, 0.29) is 87.9 Å². The third-order valence-electron chi connectivity index (χ3n) is 17.5. The SMILES string of the molecule is CC.COCCNC(=O)CCCCCNC(=O)C(CCCCNC(=O)CCCCO[C@@H]1OC(CO)[C@H](O)[C@H](O)C1C)CC(=O)C(CCCCNC(=O)CCCCO[C@@H]1OC(CO)[C@H](O)[C@H](O)C1C)NC(=O)CCCCO[C@@H]1OC(CO)[C@H](O)[C@H](O)C1C.COP(=O)(O)OCCCCCCN. The van der Waals surface area contributed by atoms with Gasteiger partial charge >= 0.3 is 7.82 Å². The van der Waals surface area contributed by atoms with Gasteiger partial charge in [-0.1, -0.05) is 60.3 Å². The summed E-state index contributed by atoms with van der Waals surface area (Å²) in [7, 11) is -1.06. The van der Waals surface area contributed by atoms with Crippen LogP contribution in [0.4, 0.5) is 0 Å². The van der Waals surface area contributed by atoms with Crippen LogP contribution in [0.5, 0.6) is 0 Å². The van der Waals surface area contributed by atoms with Crippen LogP contribution < -0.4 is 32.3 Å². The molecule has 0 aliphatic carbocycles. The van der Waals surface area contributed by atoms with Crippen molar-refractivity contribution in [3.05, 3.63) is 0 Å². The van der Waals surface area contributed by atoms with Gasteiger partial charge in [-0.3, -0.25) is 37.8 Å². The summed E-state index contributed by atoms with van der Waals surface area (Å²) < 4.78 is 58.7. The predicted octanol–water partition coefficient (Wildman–Crippen LogP) is 1.14. The van der Waals surface area contributed by atoms with Crippen molar-refractivity contribution in [2.45, 2.75) is 269 Å². The maximum Gasteiger partial charge on any atom is 0.471 e. The van der Waals surface area contributed by atoms with Crippen LogP contribution in [-0.2, 0) is 75.5 Å². The van der Waals surface area contributed by atoms with E-state index in [1.165, 1.54) is 0 Å². The molecule has 32 nitrogen and oxygen atoms in total. The third-order valence-corrected chi connectivity index (χ3v) is 18.5. The first kappa shape index (κ1) is 94.5. The first-order valence-corrected chi connectivity index (χ1v) is 37.7. The molecule has 0 bridgehead atoms. The van der Waals surface area contributed by atoms with Gasteiger partial charge in [0.1, 0.15) is 36.6 Å². The van der Waals surface area contributed by atoms with Gasteiger partial charge in [-0.15, -0.1) is 0 Å². The lowest BCUT2D eigenvalue weighted by Crippen LogP contribution is -2.55. The second kappa shape index (κ2) is 56.8. The third kappa shape index (κ3) is 39.5. The average Bonchev–Trinajstić information content (AvgIpc) is 0.836. The lowest BCUT2D eigenvalue weighted by atomic mass is 9.91. The van der Waals surface area contributed by atoms with Crippen LogP contribution in [0, 0.1) is 23.7 Å². The number of Topliss-reactive ketones (excluding diaryl/α,β-unsaturated/α-hetero) is 1. The monoisotopic (exact) mass is 1460 g/mol. The highest BCUT2D eigenvalue weighted by Crippen LogP contribution is 2.42. The largest absolute Gasteiger partial charge is 0.471 e. The molecular formula is C67H129N6O26P. The van der Waals surface area contributed by atoms with Gasteiger partial charge in [-0.2, -0.15) is 0 Å². The predicted molar refractivity (Wildman–Crippen MR) is 367 cm³/mol. The normalized spacial score (nSPS) is 26.3. The maximum atomic E-state index is 14.3. The van der Waals surface area contributed by atoms with E-state index in [9.17, 15) is 79.3 Å². The number of rotatable bonds is 53. The highest BCUT2D eigenvalue weighted by Gasteiger charge is 2.45. The number of aliphatic hydroxyl groups is 9. The lowest BCUT2D eigenvalue weighted by Gasteiger charge is -2.40. The highest BCUT2D eigenvalue weighted by molar-refractivity contribution is 7.47. The zero-order chi connectivity index (χ0) is 74.8. The minimum atomic E-state index is -3.75. The summed E-state index contributed by atoms with van der Waals surface area (Å²) in [5, 5.41) is 104. The Morgan fingerprint density at radius 3 is 1.25 bits per heavy atom. The number of ketones is 1. The second-order valence-corrected chi connectivity index (χ2v) is 27.1. The van der Waals surface area contributed by atoms with E-state index in [1.54, 1.807) is 27.9 Å². The summed E-state index contributed by atoms with van der Waals surface area (Å²) in [6.45, 7) is 10.8. The molecule has 3 aliphatic rings. The molecule has 3 heterocycles. The number of phosphoric ester groups is 1. The van der Waals surface area contributed by atoms with Crippen LogP contribution in [0.2, 0.25) is 0 Å². The summed E-state index contributed by atoms with van der Waals surface area (Å²) in [6, 6.07) is -0.960. The van der Waals surface area contributed by atoms with Crippen LogP contribution in [0.15, 0.2) is 0 Å². The van der Waals surface area contributed by atoms with Crippen LogP contribution in [0.3, 0.4) is 0 Å². The molecule has 3 aliphatic heterocycles. The fraction of sp³-hybridized carbons (Fsp3) is 0.910. The maximum absolute atomic E-state index is 14.3. The number of phosphoric acid groups is 1. The Bertz CT molecular complexity index is 2220. The van der Waals surface area contributed by atoms with Crippen molar-refractivity contribution < 1.29 is 126 Å². The van der Waals surface area contributed by atoms with E-state index < -0.39 is 137 Å². The zero-order valence-electron chi connectivity index (χ0n) is 60.5. The lowest BCUT2D eigenvalue weighted by molar-refractivity contribution is -0.282. The second-order valence-electron chi connectivity index (χ2n) is 25.5. The van der Waals surface area contributed by atoms with E-state index in [1.807, 2.05) is 13.8 Å². The molecule has 0 aromatic heterocycles. The number of aliphatic hydroxyl groups excluding tert-OH is 9. The number of methoxy groups -OCH3 is 1. The Morgan fingerprint density at radius 1 is 0.460 bits per heavy atom. The topological polar surface area (TPSA) is 491 Å².